The highest BCUT2D eigenvalue weighted by atomic mass is 19.4. The maximum absolute atomic E-state index is 12.5. The highest BCUT2D eigenvalue weighted by molar-refractivity contribution is 5.94. The van der Waals surface area contributed by atoms with Gasteiger partial charge in [-0.3, -0.25) is 4.79 Å². The van der Waals surface area contributed by atoms with Crippen LogP contribution in [0.5, 0.6) is 0 Å². The predicted octanol–water partition coefficient (Wildman–Crippen LogP) is 2.82. The van der Waals surface area contributed by atoms with Crippen LogP contribution in [0, 0.1) is 0 Å². The summed E-state index contributed by atoms with van der Waals surface area (Å²) in [5.74, 6) is 0.0650. The number of anilines is 1. The zero-order valence-corrected chi connectivity index (χ0v) is 12.6. The number of benzene rings is 1. The summed E-state index contributed by atoms with van der Waals surface area (Å²) in [5, 5.41) is 2.97. The second-order valence-corrected chi connectivity index (χ2v) is 5.54. The first-order chi connectivity index (χ1) is 11.4. The molecule has 3 rings (SSSR count). The van der Waals surface area contributed by atoms with Gasteiger partial charge in [-0.05, 0) is 18.6 Å². The monoisotopic (exact) mass is 336 g/mol. The van der Waals surface area contributed by atoms with Crippen LogP contribution in [0.15, 0.2) is 42.7 Å². The molecule has 1 N–H and O–H groups in total. The fraction of sp³-hybridized carbons (Fsp3) is 0.312. The van der Waals surface area contributed by atoms with Gasteiger partial charge in [0, 0.05) is 37.1 Å². The van der Waals surface area contributed by atoms with E-state index in [0.717, 1.165) is 12.4 Å². The second-order valence-electron chi connectivity index (χ2n) is 5.54. The number of hydrogen-bond acceptors (Lipinski definition) is 4. The van der Waals surface area contributed by atoms with Crippen LogP contribution in [0.25, 0.3) is 0 Å². The van der Waals surface area contributed by atoms with E-state index in [4.69, 9.17) is 0 Å². The van der Waals surface area contributed by atoms with Gasteiger partial charge in [0.2, 0.25) is 5.95 Å². The van der Waals surface area contributed by atoms with Crippen LogP contribution >= 0.6 is 0 Å². The molecular weight excluding hydrogens is 321 g/mol. The number of nitrogens with one attached hydrogen (secondary N) is 1. The Morgan fingerprint density at radius 3 is 2.46 bits per heavy atom. The van der Waals surface area contributed by atoms with Crippen molar-refractivity contribution in [3.8, 4) is 0 Å². The summed E-state index contributed by atoms with van der Waals surface area (Å²) in [6, 6.07) is 8.86. The van der Waals surface area contributed by atoms with Crippen LogP contribution in [-0.4, -0.2) is 39.9 Å². The first kappa shape index (κ1) is 16.2. The van der Waals surface area contributed by atoms with Gasteiger partial charge in [0.25, 0.3) is 5.91 Å². The third-order valence-electron chi connectivity index (χ3n) is 3.81. The van der Waals surface area contributed by atoms with E-state index in [2.05, 4.69) is 15.3 Å². The van der Waals surface area contributed by atoms with Crippen molar-refractivity contribution in [2.24, 2.45) is 0 Å². The molecule has 1 amide bonds. The van der Waals surface area contributed by atoms with Crippen molar-refractivity contribution in [2.45, 2.75) is 18.6 Å². The van der Waals surface area contributed by atoms with Crippen molar-refractivity contribution in [3.63, 3.8) is 0 Å². The topological polar surface area (TPSA) is 58.1 Å². The van der Waals surface area contributed by atoms with Gasteiger partial charge in [-0.1, -0.05) is 18.2 Å². The number of likely N-dealkylation sites (tertiary alicyclic amines) is 1. The van der Waals surface area contributed by atoms with Gasteiger partial charge in [-0.25, -0.2) is 9.97 Å². The van der Waals surface area contributed by atoms with Crippen molar-refractivity contribution in [2.75, 3.05) is 18.4 Å². The molecule has 1 unspecified atom stereocenters. The molecule has 1 saturated heterocycles. The van der Waals surface area contributed by atoms with Crippen LogP contribution in [0.4, 0.5) is 19.1 Å². The summed E-state index contributed by atoms with van der Waals surface area (Å²) < 4.78 is 37.4. The first-order valence-electron chi connectivity index (χ1n) is 7.43. The molecule has 0 radical (unpaired) electrons. The standard InChI is InChI=1S/C16H15F3N4O/c17-16(18,19)12-8-20-15(21-9-12)22-13-6-7-23(10-13)14(24)11-4-2-1-3-5-11/h1-5,8-9,13H,6-7,10H2,(H,20,21,22). The Labute approximate surface area is 136 Å². The van der Waals surface area contributed by atoms with Gasteiger partial charge >= 0.3 is 6.18 Å². The maximum Gasteiger partial charge on any atom is 0.419 e. The Kier molecular flexibility index (Phi) is 4.37. The Morgan fingerprint density at radius 2 is 1.83 bits per heavy atom. The molecule has 126 valence electrons. The number of carbonyl (C=O) groups is 1. The van der Waals surface area contributed by atoms with E-state index < -0.39 is 11.7 Å². The lowest BCUT2D eigenvalue weighted by Crippen LogP contribution is -2.31. The van der Waals surface area contributed by atoms with E-state index >= 15 is 0 Å². The predicted molar refractivity (Wildman–Crippen MR) is 81.4 cm³/mol. The largest absolute Gasteiger partial charge is 0.419 e. The van der Waals surface area contributed by atoms with Crippen molar-refractivity contribution in [3.05, 3.63) is 53.9 Å². The zero-order valence-electron chi connectivity index (χ0n) is 12.6. The third kappa shape index (κ3) is 3.64. The Hall–Kier alpha value is -2.64. The van der Waals surface area contributed by atoms with Crippen LogP contribution in [0.3, 0.4) is 0 Å². The molecule has 8 heteroatoms. The zero-order chi connectivity index (χ0) is 17.2. The van der Waals surface area contributed by atoms with Crippen molar-refractivity contribution in [1.82, 2.24) is 14.9 Å². The minimum Gasteiger partial charge on any atom is -0.350 e. The van der Waals surface area contributed by atoms with Crippen LogP contribution in [0.1, 0.15) is 22.3 Å². The van der Waals surface area contributed by atoms with Gasteiger partial charge in [-0.15, -0.1) is 0 Å². The van der Waals surface area contributed by atoms with E-state index in [1.807, 2.05) is 6.07 Å². The van der Waals surface area contributed by atoms with Gasteiger partial charge in [-0.2, -0.15) is 13.2 Å². The van der Waals surface area contributed by atoms with E-state index in [1.54, 1.807) is 29.2 Å². The van der Waals surface area contributed by atoms with Gasteiger partial charge in [0.15, 0.2) is 0 Å². The van der Waals surface area contributed by atoms with Gasteiger partial charge in [0.1, 0.15) is 0 Å². The third-order valence-corrected chi connectivity index (χ3v) is 3.81. The van der Waals surface area contributed by atoms with Gasteiger partial charge in [0.05, 0.1) is 5.56 Å². The van der Waals surface area contributed by atoms with E-state index in [0.29, 0.717) is 25.1 Å². The molecule has 1 aromatic heterocycles. The SMILES string of the molecule is O=C(c1ccccc1)N1CCC(Nc2ncc(C(F)(F)F)cn2)C1. The normalized spacial score (nSPS) is 17.8. The highest BCUT2D eigenvalue weighted by Crippen LogP contribution is 2.28. The number of alkyl halides is 3. The summed E-state index contributed by atoms with van der Waals surface area (Å²) >= 11 is 0. The van der Waals surface area contributed by atoms with Gasteiger partial charge < -0.3 is 10.2 Å². The highest BCUT2D eigenvalue weighted by Gasteiger charge is 2.32. The summed E-state index contributed by atoms with van der Waals surface area (Å²) in [6.45, 7) is 1.03. The van der Waals surface area contributed by atoms with E-state index in [-0.39, 0.29) is 17.9 Å². The van der Waals surface area contributed by atoms with E-state index in [1.165, 1.54) is 0 Å². The summed E-state index contributed by atoms with van der Waals surface area (Å²) in [5.41, 5.74) is -0.274. The molecule has 0 spiro atoms. The number of rotatable bonds is 3. The van der Waals surface area contributed by atoms with Crippen LogP contribution in [0.2, 0.25) is 0 Å². The molecule has 24 heavy (non-hydrogen) atoms. The molecule has 1 aromatic carbocycles. The van der Waals surface area contributed by atoms with E-state index in [9.17, 15) is 18.0 Å². The van der Waals surface area contributed by atoms with Crippen molar-refractivity contribution in [1.29, 1.82) is 0 Å². The number of carbonyl (C=O) groups excluding carboxylic acids is 1. The average Bonchev–Trinajstić information content (AvgIpc) is 3.03. The molecule has 1 fully saturated rings. The first-order valence-corrected chi connectivity index (χ1v) is 7.43. The number of amides is 1. The number of halogens is 3. The molecule has 1 atom stereocenters. The summed E-state index contributed by atoms with van der Waals surface area (Å²) in [4.78, 5) is 21.4. The lowest BCUT2D eigenvalue weighted by Gasteiger charge is -2.17. The molecule has 0 saturated carbocycles. The fourth-order valence-electron chi connectivity index (χ4n) is 2.56. The lowest BCUT2D eigenvalue weighted by atomic mass is 10.2. The number of aromatic nitrogens is 2. The second kappa shape index (κ2) is 6.46. The quantitative estimate of drug-likeness (QED) is 0.936. The summed E-state index contributed by atoms with van der Waals surface area (Å²) in [7, 11) is 0. The van der Waals surface area contributed by atoms with Crippen LogP contribution in [-0.2, 0) is 6.18 Å². The molecule has 5 nitrogen and oxygen atoms in total. The molecular formula is C16H15F3N4O. The summed E-state index contributed by atoms with van der Waals surface area (Å²) in [6.07, 6.45) is -2.28. The number of nitrogens with zero attached hydrogens (tertiary/aromatic N) is 3. The maximum atomic E-state index is 12.5. The Morgan fingerprint density at radius 1 is 1.17 bits per heavy atom. The van der Waals surface area contributed by atoms with Crippen molar-refractivity contribution >= 4 is 11.9 Å². The minimum absolute atomic E-state index is 0.0618. The fourth-order valence-corrected chi connectivity index (χ4v) is 2.56. The molecule has 0 aliphatic carbocycles. The molecule has 2 aromatic rings. The molecule has 1 aliphatic heterocycles. The average molecular weight is 336 g/mol. The number of hydrogen-bond donors (Lipinski definition) is 1. The Balaban J connectivity index is 1.59. The minimum atomic E-state index is -4.45. The lowest BCUT2D eigenvalue weighted by molar-refractivity contribution is -0.138. The molecule has 0 bridgehead atoms. The molecule has 1 aliphatic rings. The van der Waals surface area contributed by atoms with Crippen molar-refractivity contribution < 1.29 is 18.0 Å². The smallest absolute Gasteiger partial charge is 0.350 e. The Bertz CT molecular complexity index is 704. The molecule has 2 heterocycles. The van der Waals surface area contributed by atoms with Crippen LogP contribution < -0.4 is 5.32 Å².